The van der Waals surface area contributed by atoms with Gasteiger partial charge in [-0.3, -0.25) is 0 Å². The first-order chi connectivity index (χ1) is 7.00. The minimum absolute atomic E-state index is 0.220. The highest BCUT2D eigenvalue weighted by atomic mass is 16.3. The number of hydrogen-bond acceptors (Lipinski definition) is 1. The molecule has 0 unspecified atom stereocenters. The minimum atomic E-state index is -0.277. The summed E-state index contributed by atoms with van der Waals surface area (Å²) in [6.45, 7) is 8.35. The van der Waals surface area contributed by atoms with E-state index in [1.54, 1.807) is 0 Å². The van der Waals surface area contributed by atoms with Crippen LogP contribution in [0.2, 0.25) is 0 Å². The van der Waals surface area contributed by atoms with Gasteiger partial charge in [0, 0.05) is 5.92 Å². The molecule has 0 radical (unpaired) electrons. The molecule has 2 atom stereocenters. The molecule has 1 aromatic carbocycles. The van der Waals surface area contributed by atoms with Crippen molar-refractivity contribution in [1.29, 1.82) is 0 Å². The molecule has 0 spiro atoms. The molecule has 1 rings (SSSR count). The lowest BCUT2D eigenvalue weighted by molar-refractivity contribution is 0.169. The van der Waals surface area contributed by atoms with E-state index in [9.17, 15) is 5.11 Å². The van der Waals surface area contributed by atoms with Crippen molar-refractivity contribution < 1.29 is 5.11 Å². The van der Waals surface area contributed by atoms with Gasteiger partial charge in [-0.25, -0.2) is 0 Å². The maximum absolute atomic E-state index is 9.49. The van der Waals surface area contributed by atoms with Gasteiger partial charge in [-0.2, -0.15) is 0 Å². The molecule has 1 heteroatoms. The second-order valence-electron chi connectivity index (χ2n) is 4.87. The second kappa shape index (κ2) is 5.32. The summed E-state index contributed by atoms with van der Waals surface area (Å²) < 4.78 is 0. The fourth-order valence-corrected chi connectivity index (χ4v) is 1.71. The third-order valence-corrected chi connectivity index (χ3v) is 2.87. The Balaban J connectivity index is 2.72. The summed E-state index contributed by atoms with van der Waals surface area (Å²) in [5.41, 5.74) is 2.60. The number of aliphatic hydroxyl groups excluding tert-OH is 1. The Kier molecular flexibility index (Phi) is 4.34. The van der Waals surface area contributed by atoms with E-state index in [0.29, 0.717) is 5.92 Å². The summed E-state index contributed by atoms with van der Waals surface area (Å²) in [6, 6.07) is 8.62. The molecule has 0 heterocycles. The van der Waals surface area contributed by atoms with Crippen LogP contribution in [0.3, 0.4) is 0 Å². The molecule has 0 aliphatic rings. The van der Waals surface area contributed by atoms with Gasteiger partial charge in [-0.05, 0) is 30.4 Å². The molecular formula is C14H22O. The minimum Gasteiger partial charge on any atom is -0.393 e. The maximum atomic E-state index is 9.49. The van der Waals surface area contributed by atoms with Crippen molar-refractivity contribution in [3.63, 3.8) is 0 Å². The van der Waals surface area contributed by atoms with Gasteiger partial charge in [0.15, 0.2) is 0 Å². The maximum Gasteiger partial charge on any atom is 0.0577 e. The zero-order valence-corrected chi connectivity index (χ0v) is 10.2. The van der Waals surface area contributed by atoms with E-state index >= 15 is 0 Å². The average molecular weight is 206 g/mol. The van der Waals surface area contributed by atoms with E-state index in [-0.39, 0.29) is 12.0 Å². The van der Waals surface area contributed by atoms with E-state index < -0.39 is 0 Å². The monoisotopic (exact) mass is 206 g/mol. The van der Waals surface area contributed by atoms with Crippen LogP contribution in [-0.4, -0.2) is 11.2 Å². The average Bonchev–Trinajstić information content (AvgIpc) is 2.17. The summed E-state index contributed by atoms with van der Waals surface area (Å²) in [6.07, 6.45) is 0.851. The van der Waals surface area contributed by atoms with Gasteiger partial charge in [0.25, 0.3) is 0 Å². The number of hydrogen-bond donors (Lipinski definition) is 1. The van der Waals surface area contributed by atoms with Crippen molar-refractivity contribution in [2.75, 3.05) is 0 Å². The first-order valence-electron chi connectivity index (χ1n) is 5.77. The summed E-state index contributed by atoms with van der Waals surface area (Å²) in [5.74, 6) is 0.920. The van der Waals surface area contributed by atoms with Crippen LogP contribution in [-0.2, 0) is 6.42 Å². The SMILES string of the molecule is CC(C)Cc1ccc([C@H](C)[C@@H](C)O)cc1. The fraction of sp³-hybridized carbons (Fsp3) is 0.571. The summed E-state index contributed by atoms with van der Waals surface area (Å²) in [4.78, 5) is 0. The van der Waals surface area contributed by atoms with Crippen molar-refractivity contribution in [2.45, 2.75) is 46.1 Å². The Hall–Kier alpha value is -0.820. The number of benzene rings is 1. The normalized spacial score (nSPS) is 15.3. The molecule has 0 saturated carbocycles. The molecule has 1 aromatic rings. The largest absolute Gasteiger partial charge is 0.393 e. The Morgan fingerprint density at radius 1 is 1.00 bits per heavy atom. The molecule has 0 bridgehead atoms. The number of rotatable bonds is 4. The Morgan fingerprint density at radius 3 is 1.93 bits per heavy atom. The van der Waals surface area contributed by atoms with Gasteiger partial charge >= 0.3 is 0 Å². The van der Waals surface area contributed by atoms with Crippen LogP contribution in [0.25, 0.3) is 0 Å². The molecular weight excluding hydrogens is 184 g/mol. The smallest absolute Gasteiger partial charge is 0.0577 e. The van der Waals surface area contributed by atoms with Gasteiger partial charge in [0.2, 0.25) is 0 Å². The van der Waals surface area contributed by atoms with Crippen LogP contribution in [0.1, 0.15) is 44.7 Å². The van der Waals surface area contributed by atoms with Crippen molar-refractivity contribution in [2.24, 2.45) is 5.92 Å². The van der Waals surface area contributed by atoms with Gasteiger partial charge in [0.05, 0.1) is 6.10 Å². The predicted molar refractivity (Wildman–Crippen MR) is 65.1 cm³/mol. The van der Waals surface area contributed by atoms with Crippen LogP contribution in [0, 0.1) is 5.92 Å². The first kappa shape index (κ1) is 12.3. The lowest BCUT2D eigenvalue weighted by Gasteiger charge is -2.15. The second-order valence-corrected chi connectivity index (χ2v) is 4.87. The van der Waals surface area contributed by atoms with Gasteiger partial charge in [0.1, 0.15) is 0 Å². The molecule has 0 fully saturated rings. The van der Waals surface area contributed by atoms with Crippen molar-refractivity contribution in [1.82, 2.24) is 0 Å². The third kappa shape index (κ3) is 3.67. The van der Waals surface area contributed by atoms with Crippen LogP contribution in [0.5, 0.6) is 0 Å². The standard InChI is InChI=1S/C14H22O/c1-10(2)9-13-5-7-14(8-6-13)11(3)12(4)15/h5-8,10-12,15H,9H2,1-4H3/t11-,12-/m1/s1. The molecule has 0 aromatic heterocycles. The van der Waals surface area contributed by atoms with Crippen molar-refractivity contribution in [3.05, 3.63) is 35.4 Å². The van der Waals surface area contributed by atoms with Crippen LogP contribution < -0.4 is 0 Å². The lowest BCUT2D eigenvalue weighted by Crippen LogP contribution is -2.10. The van der Waals surface area contributed by atoms with Gasteiger partial charge < -0.3 is 5.11 Å². The molecule has 1 N–H and O–H groups in total. The zero-order valence-electron chi connectivity index (χ0n) is 10.2. The van der Waals surface area contributed by atoms with Crippen molar-refractivity contribution >= 4 is 0 Å². The van der Waals surface area contributed by atoms with E-state index in [1.807, 2.05) is 6.92 Å². The predicted octanol–water partition coefficient (Wildman–Crippen LogP) is 3.37. The first-order valence-corrected chi connectivity index (χ1v) is 5.77. The molecule has 1 nitrogen and oxygen atoms in total. The van der Waals surface area contributed by atoms with E-state index in [0.717, 1.165) is 6.42 Å². The zero-order chi connectivity index (χ0) is 11.4. The summed E-state index contributed by atoms with van der Waals surface area (Å²) in [5, 5.41) is 9.49. The molecule has 0 amide bonds. The molecule has 15 heavy (non-hydrogen) atoms. The quantitative estimate of drug-likeness (QED) is 0.800. The fourth-order valence-electron chi connectivity index (χ4n) is 1.71. The van der Waals surface area contributed by atoms with Gasteiger partial charge in [-0.1, -0.05) is 45.0 Å². The summed E-state index contributed by atoms with van der Waals surface area (Å²) >= 11 is 0. The third-order valence-electron chi connectivity index (χ3n) is 2.87. The molecule has 0 aliphatic carbocycles. The Morgan fingerprint density at radius 2 is 1.53 bits per heavy atom. The van der Waals surface area contributed by atoms with Crippen LogP contribution in [0.4, 0.5) is 0 Å². The van der Waals surface area contributed by atoms with Gasteiger partial charge in [-0.15, -0.1) is 0 Å². The van der Waals surface area contributed by atoms with Crippen LogP contribution in [0.15, 0.2) is 24.3 Å². The highest BCUT2D eigenvalue weighted by Gasteiger charge is 2.10. The topological polar surface area (TPSA) is 20.2 Å². The highest BCUT2D eigenvalue weighted by molar-refractivity contribution is 5.25. The van der Waals surface area contributed by atoms with Crippen molar-refractivity contribution in [3.8, 4) is 0 Å². The molecule has 0 aliphatic heterocycles. The number of aliphatic hydroxyl groups is 1. The Labute approximate surface area is 93.1 Å². The molecule has 0 saturated heterocycles. The van der Waals surface area contributed by atoms with Crippen LogP contribution >= 0.6 is 0 Å². The Bertz CT molecular complexity index is 285. The lowest BCUT2D eigenvalue weighted by atomic mass is 9.94. The summed E-state index contributed by atoms with van der Waals surface area (Å²) in [7, 11) is 0. The highest BCUT2D eigenvalue weighted by Crippen LogP contribution is 2.20. The molecule has 84 valence electrons. The van der Waals surface area contributed by atoms with E-state index in [4.69, 9.17) is 0 Å². The van der Waals surface area contributed by atoms with E-state index in [1.165, 1.54) is 11.1 Å². The van der Waals surface area contributed by atoms with E-state index in [2.05, 4.69) is 45.0 Å².